The molecule has 0 amide bonds. The van der Waals surface area contributed by atoms with E-state index in [1.807, 2.05) is 19.1 Å². The molecular formula is C17H27NO3. The highest BCUT2D eigenvalue weighted by molar-refractivity contribution is 5.42. The highest BCUT2D eigenvalue weighted by Gasteiger charge is 2.25. The number of aliphatic hydroxyl groups excluding tert-OH is 1. The molecule has 1 aromatic rings. The van der Waals surface area contributed by atoms with Gasteiger partial charge in [-0.2, -0.15) is 0 Å². The van der Waals surface area contributed by atoms with Gasteiger partial charge in [0.05, 0.1) is 13.7 Å². The molecule has 4 heteroatoms. The summed E-state index contributed by atoms with van der Waals surface area (Å²) < 4.78 is 10.9. The van der Waals surface area contributed by atoms with Gasteiger partial charge in [-0.05, 0) is 55.8 Å². The Kier molecular flexibility index (Phi) is 6.33. The molecular weight excluding hydrogens is 266 g/mol. The van der Waals surface area contributed by atoms with Crippen molar-refractivity contribution in [1.29, 1.82) is 0 Å². The Morgan fingerprint density at radius 1 is 1.24 bits per heavy atom. The molecule has 2 N–H and O–H groups in total. The van der Waals surface area contributed by atoms with Gasteiger partial charge in [-0.25, -0.2) is 0 Å². The summed E-state index contributed by atoms with van der Waals surface area (Å²) in [5.74, 6) is 2.66. The molecule has 4 nitrogen and oxygen atoms in total. The lowest BCUT2D eigenvalue weighted by Crippen LogP contribution is -2.26. The lowest BCUT2D eigenvalue weighted by molar-refractivity contribution is 0.192. The minimum absolute atomic E-state index is 0.323. The maximum absolute atomic E-state index is 9.35. The van der Waals surface area contributed by atoms with Crippen molar-refractivity contribution >= 4 is 0 Å². The van der Waals surface area contributed by atoms with Crippen LogP contribution in [0.5, 0.6) is 11.5 Å². The molecule has 0 radical (unpaired) electrons. The van der Waals surface area contributed by atoms with Crippen LogP contribution in [0, 0.1) is 11.8 Å². The minimum atomic E-state index is 0.323. The van der Waals surface area contributed by atoms with Crippen molar-refractivity contribution in [3.63, 3.8) is 0 Å². The molecule has 2 rings (SSSR count). The third-order valence-electron chi connectivity index (χ3n) is 4.31. The van der Waals surface area contributed by atoms with Gasteiger partial charge in [-0.1, -0.05) is 12.5 Å². The van der Waals surface area contributed by atoms with Crippen LogP contribution in [0.2, 0.25) is 0 Å². The molecule has 1 saturated carbocycles. The van der Waals surface area contributed by atoms with E-state index < -0.39 is 0 Å². The zero-order valence-electron chi connectivity index (χ0n) is 13.1. The van der Waals surface area contributed by atoms with Crippen molar-refractivity contribution in [1.82, 2.24) is 5.32 Å². The number of benzene rings is 1. The van der Waals surface area contributed by atoms with Crippen molar-refractivity contribution in [3.05, 3.63) is 23.8 Å². The quantitative estimate of drug-likeness (QED) is 0.773. The summed E-state index contributed by atoms with van der Waals surface area (Å²) in [6.45, 7) is 4.72. The van der Waals surface area contributed by atoms with Gasteiger partial charge in [0, 0.05) is 13.2 Å². The van der Waals surface area contributed by atoms with Crippen molar-refractivity contribution in [2.24, 2.45) is 11.8 Å². The van der Waals surface area contributed by atoms with Gasteiger partial charge in [0.15, 0.2) is 11.5 Å². The number of hydrogen-bond donors (Lipinski definition) is 2. The topological polar surface area (TPSA) is 50.7 Å². The lowest BCUT2D eigenvalue weighted by Gasteiger charge is -2.18. The summed E-state index contributed by atoms with van der Waals surface area (Å²) in [7, 11) is 1.66. The Morgan fingerprint density at radius 2 is 2.05 bits per heavy atom. The first-order chi connectivity index (χ1) is 10.3. The van der Waals surface area contributed by atoms with E-state index in [1.54, 1.807) is 7.11 Å². The van der Waals surface area contributed by atoms with Crippen molar-refractivity contribution in [2.45, 2.75) is 32.7 Å². The van der Waals surface area contributed by atoms with Crippen molar-refractivity contribution < 1.29 is 14.6 Å². The zero-order chi connectivity index (χ0) is 15.1. The van der Waals surface area contributed by atoms with Gasteiger partial charge in [-0.15, -0.1) is 0 Å². The van der Waals surface area contributed by atoms with Crippen molar-refractivity contribution in [3.8, 4) is 11.5 Å². The first-order valence-electron chi connectivity index (χ1n) is 7.89. The number of nitrogens with one attached hydrogen (secondary N) is 1. The Bertz CT molecular complexity index is 436. The predicted molar refractivity (Wildman–Crippen MR) is 83.8 cm³/mol. The van der Waals surface area contributed by atoms with E-state index in [4.69, 9.17) is 9.47 Å². The maximum Gasteiger partial charge on any atom is 0.161 e. The summed E-state index contributed by atoms with van der Waals surface area (Å²) >= 11 is 0. The Morgan fingerprint density at radius 3 is 2.76 bits per heavy atom. The average molecular weight is 293 g/mol. The molecule has 0 aliphatic heterocycles. The van der Waals surface area contributed by atoms with Gasteiger partial charge in [0.25, 0.3) is 0 Å². The van der Waals surface area contributed by atoms with Crippen LogP contribution < -0.4 is 14.8 Å². The first-order valence-corrected chi connectivity index (χ1v) is 7.89. The molecule has 1 aliphatic rings. The standard InChI is InChI=1S/C17H27NO3/c1-3-21-17-9-13(7-8-16(17)20-2)10-18-11-14-5-4-6-15(14)12-19/h7-9,14-15,18-19H,3-6,10-12H2,1-2H3. The molecule has 0 heterocycles. The third-order valence-corrected chi connectivity index (χ3v) is 4.31. The zero-order valence-corrected chi connectivity index (χ0v) is 13.1. The predicted octanol–water partition coefficient (Wildman–Crippen LogP) is 2.59. The fraction of sp³-hybridized carbons (Fsp3) is 0.647. The van der Waals surface area contributed by atoms with Gasteiger partial charge < -0.3 is 19.9 Å². The summed E-state index contributed by atoms with van der Waals surface area (Å²) in [5, 5.41) is 12.9. The average Bonchev–Trinajstić information content (AvgIpc) is 2.95. The highest BCUT2D eigenvalue weighted by atomic mass is 16.5. The fourth-order valence-electron chi connectivity index (χ4n) is 3.12. The molecule has 0 saturated heterocycles. The molecule has 1 aromatic carbocycles. The van der Waals surface area contributed by atoms with E-state index in [0.717, 1.165) is 24.6 Å². The van der Waals surface area contributed by atoms with Crippen molar-refractivity contribution in [2.75, 3.05) is 26.9 Å². The molecule has 1 fully saturated rings. The van der Waals surface area contributed by atoms with E-state index in [1.165, 1.54) is 24.8 Å². The van der Waals surface area contributed by atoms with Crippen LogP contribution in [0.1, 0.15) is 31.7 Å². The van der Waals surface area contributed by atoms with Crippen LogP contribution in [0.15, 0.2) is 18.2 Å². The number of methoxy groups -OCH3 is 1. The monoisotopic (exact) mass is 293 g/mol. The van der Waals surface area contributed by atoms with Gasteiger partial charge >= 0.3 is 0 Å². The van der Waals surface area contributed by atoms with Crippen LogP contribution in [-0.4, -0.2) is 32.0 Å². The molecule has 1 aliphatic carbocycles. The fourth-order valence-corrected chi connectivity index (χ4v) is 3.12. The van der Waals surface area contributed by atoms with E-state index in [0.29, 0.717) is 25.0 Å². The Hall–Kier alpha value is -1.26. The largest absolute Gasteiger partial charge is 0.493 e. The minimum Gasteiger partial charge on any atom is -0.493 e. The molecule has 2 atom stereocenters. The highest BCUT2D eigenvalue weighted by Crippen LogP contribution is 2.31. The number of rotatable bonds is 8. The number of ether oxygens (including phenoxy) is 2. The van der Waals surface area contributed by atoms with E-state index in [9.17, 15) is 5.11 Å². The summed E-state index contributed by atoms with van der Waals surface area (Å²) in [6.07, 6.45) is 3.64. The Labute approximate surface area is 127 Å². The number of aliphatic hydroxyl groups is 1. The second-order valence-corrected chi connectivity index (χ2v) is 5.68. The lowest BCUT2D eigenvalue weighted by atomic mass is 9.97. The van der Waals surface area contributed by atoms with Crippen LogP contribution in [0.3, 0.4) is 0 Å². The second-order valence-electron chi connectivity index (χ2n) is 5.68. The summed E-state index contributed by atoms with van der Waals surface area (Å²) in [6, 6.07) is 6.05. The molecule has 0 aromatic heterocycles. The van der Waals surface area contributed by atoms with Crippen LogP contribution >= 0.6 is 0 Å². The van der Waals surface area contributed by atoms with Crippen LogP contribution in [0.4, 0.5) is 0 Å². The molecule has 0 bridgehead atoms. The number of hydrogen-bond acceptors (Lipinski definition) is 4. The molecule has 118 valence electrons. The maximum atomic E-state index is 9.35. The third kappa shape index (κ3) is 4.35. The molecule has 0 spiro atoms. The summed E-state index contributed by atoms with van der Waals surface area (Å²) in [4.78, 5) is 0. The SMILES string of the molecule is CCOc1cc(CNCC2CCCC2CO)ccc1OC. The van der Waals surface area contributed by atoms with Gasteiger partial charge in [0.1, 0.15) is 0 Å². The smallest absolute Gasteiger partial charge is 0.161 e. The van der Waals surface area contributed by atoms with E-state index in [2.05, 4.69) is 11.4 Å². The van der Waals surface area contributed by atoms with E-state index >= 15 is 0 Å². The summed E-state index contributed by atoms with van der Waals surface area (Å²) in [5.41, 5.74) is 1.19. The van der Waals surface area contributed by atoms with E-state index in [-0.39, 0.29) is 0 Å². The second kappa shape index (κ2) is 8.25. The van der Waals surface area contributed by atoms with Gasteiger partial charge in [0.2, 0.25) is 0 Å². The van der Waals surface area contributed by atoms with Gasteiger partial charge in [-0.3, -0.25) is 0 Å². The molecule has 21 heavy (non-hydrogen) atoms. The Balaban J connectivity index is 1.86. The van der Waals surface area contributed by atoms with Crippen LogP contribution in [-0.2, 0) is 6.54 Å². The van der Waals surface area contributed by atoms with Crippen LogP contribution in [0.25, 0.3) is 0 Å². The molecule has 2 unspecified atom stereocenters. The first kappa shape index (κ1) is 16.1. The normalized spacial score (nSPS) is 21.5.